The first-order valence-electron chi connectivity index (χ1n) is 12.0. The second-order valence-electron chi connectivity index (χ2n) is 11.3. The predicted octanol–water partition coefficient (Wildman–Crippen LogP) is 2.83. The van der Waals surface area contributed by atoms with E-state index in [1.165, 1.54) is 12.8 Å². The smallest absolute Gasteiger partial charge is 0.208 e. The minimum absolute atomic E-state index is 0. The number of guanidine groups is 1. The predicted molar refractivity (Wildman–Crippen MR) is 124 cm³/mol. The first-order valence-corrected chi connectivity index (χ1v) is 12.0. The van der Waals surface area contributed by atoms with Crippen LogP contribution < -0.4 is 11.2 Å². The van der Waals surface area contributed by atoms with Gasteiger partial charge in [-0.3, -0.25) is 10.0 Å². The van der Waals surface area contributed by atoms with Crippen LogP contribution in [0.25, 0.3) is 0 Å². The first-order chi connectivity index (χ1) is 13.8. The van der Waals surface area contributed by atoms with E-state index in [9.17, 15) is 10.2 Å². The molecular weight excluding hydrogens is 444 g/mol. The van der Waals surface area contributed by atoms with Crippen molar-refractivity contribution < 1.29 is 10.2 Å². The molecule has 8 atom stereocenters. The summed E-state index contributed by atoms with van der Waals surface area (Å²) in [6.07, 6.45) is 9.47. The summed E-state index contributed by atoms with van der Waals surface area (Å²) in [4.78, 5) is 4.47. The summed E-state index contributed by atoms with van der Waals surface area (Å²) in [5.41, 5.74) is -0.349. The summed E-state index contributed by atoms with van der Waals surface area (Å²) < 4.78 is 0. The number of rotatable bonds is 2. The molecule has 5 aliphatic rings. The maximum absolute atomic E-state index is 12.2. The van der Waals surface area contributed by atoms with E-state index in [0.717, 1.165) is 70.5 Å². The number of nitrogens with one attached hydrogen (secondary N) is 1. The number of hydrogen-bond acceptors (Lipinski definition) is 6. The second-order valence-corrected chi connectivity index (χ2v) is 11.3. The minimum Gasteiger partial charge on any atom is -0.393 e. The normalized spacial score (nSPS) is 49.8. The number of fused-ring (bicyclic) bond motifs is 5. The Labute approximate surface area is 191 Å². The van der Waals surface area contributed by atoms with Crippen LogP contribution in [0.4, 0.5) is 0 Å². The van der Waals surface area contributed by atoms with E-state index in [1.54, 1.807) is 5.01 Å². The number of halogens is 1. The Morgan fingerprint density at radius 3 is 2.63 bits per heavy atom. The van der Waals surface area contributed by atoms with Crippen molar-refractivity contribution in [3.8, 4) is 0 Å². The topological polar surface area (TPSA) is 94.1 Å². The molecule has 4 fully saturated rings. The van der Waals surface area contributed by atoms with Gasteiger partial charge in [0.25, 0.3) is 0 Å². The highest BCUT2D eigenvalue weighted by Crippen LogP contribution is 2.68. The fourth-order valence-corrected chi connectivity index (χ4v) is 8.51. The Morgan fingerprint density at radius 1 is 1.10 bits per heavy atom. The molecule has 0 spiro atoms. The van der Waals surface area contributed by atoms with Gasteiger partial charge in [-0.25, -0.2) is 5.84 Å². The third-order valence-corrected chi connectivity index (χ3v) is 10.4. The van der Waals surface area contributed by atoms with Crippen LogP contribution in [-0.4, -0.2) is 52.5 Å². The lowest BCUT2D eigenvalue weighted by atomic mass is 9.43. The maximum atomic E-state index is 12.2. The number of nitrogens with two attached hydrogens (primary N) is 1. The van der Waals surface area contributed by atoms with Crippen molar-refractivity contribution in [3.05, 3.63) is 0 Å². The fourth-order valence-electron chi connectivity index (χ4n) is 8.51. The van der Waals surface area contributed by atoms with Gasteiger partial charge in [0.05, 0.1) is 18.2 Å². The molecule has 0 aromatic carbocycles. The maximum Gasteiger partial charge on any atom is 0.208 e. The first kappa shape index (κ1) is 22.8. The standard InChI is InChI=1S/C23H40N4O2.BrH/c1-21-8-6-17(28)13-15(21)3-4-19-18(21)7-9-22(2)16(5-10-23(19,22)29)14-27(24)20-25-11-12-26-20;/h15-19,28-29H,3-14,24H2,1-2H3,(H,25,26);1H/t15-,16-,17+,18+,19-,21+,22-,23+;/m1./s1. The monoisotopic (exact) mass is 484 g/mol. The molecule has 0 aromatic heterocycles. The van der Waals surface area contributed by atoms with Crippen LogP contribution in [-0.2, 0) is 0 Å². The zero-order valence-corrected chi connectivity index (χ0v) is 20.4. The molecule has 4 aliphatic carbocycles. The average Bonchev–Trinajstić information content (AvgIpc) is 3.31. The van der Waals surface area contributed by atoms with Gasteiger partial charge >= 0.3 is 0 Å². The molecule has 0 bridgehead atoms. The highest BCUT2D eigenvalue weighted by atomic mass is 79.9. The molecule has 5 N–H and O–H groups in total. The third kappa shape index (κ3) is 3.17. The van der Waals surface area contributed by atoms with Crippen LogP contribution in [0.1, 0.15) is 71.6 Å². The molecule has 1 aliphatic heterocycles. The van der Waals surface area contributed by atoms with Crippen molar-refractivity contribution in [2.24, 2.45) is 45.3 Å². The number of aliphatic hydroxyl groups excluding tert-OH is 1. The molecule has 5 rings (SSSR count). The molecule has 7 heteroatoms. The summed E-state index contributed by atoms with van der Waals surface area (Å²) in [6.45, 7) is 7.26. The number of aliphatic imine (C=N–C) groups is 1. The summed E-state index contributed by atoms with van der Waals surface area (Å²) in [5.74, 6) is 9.21. The molecule has 0 amide bonds. The largest absolute Gasteiger partial charge is 0.393 e. The SMILES string of the molecule is Br.C[C@]12CC[C@H](O)C[C@H]1CC[C@@H]1[C@@H]2CC[C@]2(C)[C@@H](CN(N)C3=NCCN3)CC[C@]12O. The summed E-state index contributed by atoms with van der Waals surface area (Å²) in [6, 6.07) is 0. The van der Waals surface area contributed by atoms with Crippen molar-refractivity contribution in [2.75, 3.05) is 19.6 Å². The lowest BCUT2D eigenvalue weighted by molar-refractivity contribution is -0.210. The van der Waals surface area contributed by atoms with Gasteiger partial charge in [-0.2, -0.15) is 0 Å². The average molecular weight is 486 g/mol. The molecule has 1 heterocycles. The summed E-state index contributed by atoms with van der Waals surface area (Å²) >= 11 is 0. The van der Waals surface area contributed by atoms with Crippen LogP contribution in [0.3, 0.4) is 0 Å². The van der Waals surface area contributed by atoms with Crippen LogP contribution in [0, 0.1) is 34.5 Å². The zero-order chi connectivity index (χ0) is 20.4. The highest BCUT2D eigenvalue weighted by molar-refractivity contribution is 8.93. The van der Waals surface area contributed by atoms with Gasteiger partial charge in [0.1, 0.15) is 0 Å². The van der Waals surface area contributed by atoms with E-state index < -0.39 is 5.60 Å². The molecular formula is C23H41BrN4O2. The summed E-state index contributed by atoms with van der Waals surface area (Å²) in [7, 11) is 0. The molecule has 172 valence electrons. The quantitative estimate of drug-likeness (QED) is 0.357. The Morgan fingerprint density at radius 2 is 1.90 bits per heavy atom. The number of aliphatic hydroxyl groups is 2. The Bertz CT molecular complexity index is 692. The van der Waals surface area contributed by atoms with Crippen LogP contribution in [0.15, 0.2) is 4.99 Å². The van der Waals surface area contributed by atoms with Crippen molar-refractivity contribution in [1.82, 2.24) is 10.3 Å². The van der Waals surface area contributed by atoms with E-state index in [2.05, 4.69) is 24.2 Å². The van der Waals surface area contributed by atoms with E-state index in [4.69, 9.17) is 5.84 Å². The van der Waals surface area contributed by atoms with Gasteiger partial charge in [-0.15, -0.1) is 17.0 Å². The number of hydrogen-bond donors (Lipinski definition) is 4. The Kier molecular flexibility index (Phi) is 6.00. The molecule has 0 radical (unpaired) electrons. The van der Waals surface area contributed by atoms with Gasteiger partial charge in [0, 0.05) is 18.5 Å². The lowest BCUT2D eigenvalue weighted by Crippen LogP contribution is -2.63. The van der Waals surface area contributed by atoms with E-state index in [1.807, 2.05) is 0 Å². The van der Waals surface area contributed by atoms with Gasteiger partial charge in [-0.05, 0) is 86.9 Å². The van der Waals surface area contributed by atoms with Gasteiger partial charge in [0.2, 0.25) is 5.96 Å². The second kappa shape index (κ2) is 7.89. The van der Waals surface area contributed by atoms with Gasteiger partial charge in [0.15, 0.2) is 0 Å². The van der Waals surface area contributed by atoms with Crippen LogP contribution >= 0.6 is 17.0 Å². The van der Waals surface area contributed by atoms with Crippen molar-refractivity contribution >= 4 is 22.9 Å². The van der Waals surface area contributed by atoms with Crippen LogP contribution in [0.5, 0.6) is 0 Å². The Balaban J connectivity index is 0.00000218. The van der Waals surface area contributed by atoms with Crippen molar-refractivity contribution in [2.45, 2.75) is 83.3 Å². The molecule has 0 saturated heterocycles. The molecule has 4 saturated carbocycles. The van der Waals surface area contributed by atoms with E-state index in [-0.39, 0.29) is 28.5 Å². The van der Waals surface area contributed by atoms with Crippen molar-refractivity contribution in [1.29, 1.82) is 0 Å². The number of nitrogens with zero attached hydrogens (tertiary/aromatic N) is 2. The van der Waals surface area contributed by atoms with E-state index in [0.29, 0.717) is 29.1 Å². The lowest BCUT2D eigenvalue weighted by Gasteiger charge is -2.63. The third-order valence-electron chi connectivity index (χ3n) is 10.4. The highest BCUT2D eigenvalue weighted by Gasteiger charge is 2.67. The van der Waals surface area contributed by atoms with Crippen molar-refractivity contribution in [3.63, 3.8) is 0 Å². The minimum atomic E-state index is -0.573. The van der Waals surface area contributed by atoms with Crippen LogP contribution in [0.2, 0.25) is 0 Å². The fraction of sp³-hybridized carbons (Fsp3) is 0.957. The molecule has 0 aromatic rings. The molecule has 0 unspecified atom stereocenters. The zero-order valence-electron chi connectivity index (χ0n) is 18.6. The van der Waals surface area contributed by atoms with Gasteiger partial charge in [-0.1, -0.05) is 13.8 Å². The summed E-state index contributed by atoms with van der Waals surface area (Å²) in [5, 5.41) is 27.5. The van der Waals surface area contributed by atoms with E-state index >= 15 is 0 Å². The Hall–Kier alpha value is -0.370. The molecule has 30 heavy (non-hydrogen) atoms. The number of hydrazine groups is 1. The van der Waals surface area contributed by atoms with Gasteiger partial charge < -0.3 is 15.5 Å². The molecule has 6 nitrogen and oxygen atoms in total.